The number of nitrogens with one attached hydrogen (secondary N) is 1. The molecule has 25 heavy (non-hydrogen) atoms. The quantitative estimate of drug-likeness (QED) is 0.788. The molecule has 0 fully saturated rings. The van der Waals surface area contributed by atoms with Gasteiger partial charge in [0, 0.05) is 13.1 Å². The van der Waals surface area contributed by atoms with Crippen LogP contribution in [0.15, 0.2) is 53.4 Å². The molecule has 0 aliphatic carbocycles. The maximum atomic E-state index is 13.0. The summed E-state index contributed by atoms with van der Waals surface area (Å²) in [4.78, 5) is 0.103. The zero-order valence-corrected chi connectivity index (χ0v) is 15.4. The molecule has 2 aromatic carbocycles. The number of sulfonamides is 2. The molecular formula is C16H19FN2O4S2. The predicted molar refractivity (Wildman–Crippen MR) is 95.0 cm³/mol. The van der Waals surface area contributed by atoms with Gasteiger partial charge in [0.15, 0.2) is 0 Å². The Morgan fingerprint density at radius 1 is 0.960 bits per heavy atom. The Hall–Kier alpha value is -1.97. The summed E-state index contributed by atoms with van der Waals surface area (Å²) in [6, 6.07) is 11.2. The van der Waals surface area contributed by atoms with E-state index in [1.165, 1.54) is 24.3 Å². The van der Waals surface area contributed by atoms with E-state index >= 15 is 0 Å². The molecule has 0 amide bonds. The minimum absolute atomic E-state index is 0.103. The average molecular weight is 386 g/mol. The van der Waals surface area contributed by atoms with Crippen molar-refractivity contribution in [2.75, 3.05) is 23.7 Å². The van der Waals surface area contributed by atoms with E-state index in [9.17, 15) is 21.2 Å². The average Bonchev–Trinajstić information content (AvgIpc) is 2.52. The Morgan fingerprint density at radius 3 is 2.04 bits per heavy atom. The molecule has 0 spiro atoms. The fraction of sp³-hybridized carbons (Fsp3) is 0.250. The minimum atomic E-state index is -3.74. The van der Waals surface area contributed by atoms with Gasteiger partial charge in [-0.05, 0) is 43.3 Å². The van der Waals surface area contributed by atoms with E-state index in [4.69, 9.17) is 0 Å². The Balaban J connectivity index is 2.11. The SMILES string of the molecule is Cc1ccc(S(=O)(=O)NCCN(c2ccc(F)cc2)S(C)(=O)=O)cc1. The summed E-state index contributed by atoms with van der Waals surface area (Å²) in [5.41, 5.74) is 1.19. The summed E-state index contributed by atoms with van der Waals surface area (Å²) in [7, 11) is -7.38. The predicted octanol–water partition coefficient (Wildman–Crippen LogP) is 1.88. The van der Waals surface area contributed by atoms with Gasteiger partial charge in [-0.3, -0.25) is 4.31 Å². The van der Waals surface area contributed by atoms with Gasteiger partial charge in [0.2, 0.25) is 20.0 Å². The van der Waals surface area contributed by atoms with E-state index in [1.807, 2.05) is 6.92 Å². The van der Waals surface area contributed by atoms with Crippen molar-refractivity contribution in [3.63, 3.8) is 0 Å². The van der Waals surface area contributed by atoms with Gasteiger partial charge in [0.05, 0.1) is 16.8 Å². The van der Waals surface area contributed by atoms with E-state index in [0.29, 0.717) is 0 Å². The smallest absolute Gasteiger partial charge is 0.240 e. The molecule has 2 aromatic rings. The third kappa shape index (κ3) is 5.25. The van der Waals surface area contributed by atoms with Crippen molar-refractivity contribution in [1.29, 1.82) is 0 Å². The van der Waals surface area contributed by atoms with Gasteiger partial charge >= 0.3 is 0 Å². The van der Waals surface area contributed by atoms with E-state index in [1.54, 1.807) is 12.1 Å². The molecule has 0 bridgehead atoms. The highest BCUT2D eigenvalue weighted by atomic mass is 32.2. The highest BCUT2D eigenvalue weighted by Crippen LogP contribution is 2.17. The van der Waals surface area contributed by atoms with Crippen LogP contribution in [0.1, 0.15) is 5.56 Å². The normalized spacial score (nSPS) is 12.1. The van der Waals surface area contributed by atoms with Crippen LogP contribution >= 0.6 is 0 Å². The summed E-state index contributed by atoms with van der Waals surface area (Å²) in [5.74, 6) is -0.489. The molecular weight excluding hydrogens is 367 g/mol. The standard InChI is InChI=1S/C16H19FN2O4S2/c1-13-3-9-16(10-4-13)25(22,23)18-11-12-19(24(2,20)21)15-7-5-14(17)6-8-15/h3-10,18H,11-12H2,1-2H3. The molecule has 2 rings (SSSR count). The summed E-state index contributed by atoms with van der Waals surface area (Å²) >= 11 is 0. The van der Waals surface area contributed by atoms with E-state index in [0.717, 1.165) is 28.3 Å². The lowest BCUT2D eigenvalue weighted by molar-refractivity contribution is 0.578. The lowest BCUT2D eigenvalue weighted by atomic mass is 10.2. The molecule has 1 N–H and O–H groups in total. The fourth-order valence-corrected chi connectivity index (χ4v) is 4.12. The molecule has 6 nitrogen and oxygen atoms in total. The number of anilines is 1. The molecule has 0 aromatic heterocycles. The van der Waals surface area contributed by atoms with Crippen molar-refractivity contribution in [2.24, 2.45) is 0 Å². The molecule has 0 atom stereocenters. The molecule has 0 radical (unpaired) electrons. The van der Waals surface area contributed by atoms with Crippen LogP contribution < -0.4 is 9.03 Å². The van der Waals surface area contributed by atoms with Gasteiger partial charge in [0.25, 0.3) is 0 Å². The third-order valence-corrected chi connectivity index (χ3v) is 6.12. The van der Waals surface area contributed by atoms with Crippen LogP contribution in [0.25, 0.3) is 0 Å². The zero-order valence-electron chi connectivity index (χ0n) is 13.8. The highest BCUT2D eigenvalue weighted by Gasteiger charge is 2.19. The van der Waals surface area contributed by atoms with Crippen LogP contribution in [-0.4, -0.2) is 36.2 Å². The number of aryl methyl sites for hydroxylation is 1. The number of benzene rings is 2. The molecule has 9 heteroatoms. The van der Waals surface area contributed by atoms with Gasteiger partial charge in [0.1, 0.15) is 5.82 Å². The Labute approximate surface area is 147 Å². The van der Waals surface area contributed by atoms with E-state index < -0.39 is 25.9 Å². The number of hydrogen-bond acceptors (Lipinski definition) is 4. The lowest BCUT2D eigenvalue weighted by Gasteiger charge is -2.22. The monoisotopic (exact) mass is 386 g/mol. The van der Waals surface area contributed by atoms with Crippen LogP contribution in [0.5, 0.6) is 0 Å². The molecule has 0 unspecified atom stereocenters. The number of halogens is 1. The summed E-state index contributed by atoms with van der Waals surface area (Å²) in [6.07, 6.45) is 1.00. The van der Waals surface area contributed by atoms with Gasteiger partial charge < -0.3 is 0 Å². The first-order valence-corrected chi connectivity index (χ1v) is 10.7. The molecule has 136 valence electrons. The number of hydrogen-bond donors (Lipinski definition) is 1. The molecule has 0 heterocycles. The van der Waals surface area contributed by atoms with Crippen molar-refractivity contribution in [1.82, 2.24) is 4.72 Å². The Morgan fingerprint density at radius 2 is 1.52 bits per heavy atom. The van der Waals surface area contributed by atoms with E-state index in [2.05, 4.69) is 4.72 Å². The van der Waals surface area contributed by atoms with Gasteiger partial charge in [-0.2, -0.15) is 0 Å². The van der Waals surface area contributed by atoms with Crippen LogP contribution in [0.2, 0.25) is 0 Å². The summed E-state index contributed by atoms with van der Waals surface area (Å²) in [6.45, 7) is 1.60. The third-order valence-electron chi connectivity index (χ3n) is 3.45. The van der Waals surface area contributed by atoms with Gasteiger partial charge in [-0.1, -0.05) is 17.7 Å². The topological polar surface area (TPSA) is 83.6 Å². The van der Waals surface area contributed by atoms with Crippen LogP contribution in [0, 0.1) is 12.7 Å². The second-order valence-corrected chi connectivity index (χ2v) is 9.20. The summed E-state index contributed by atoms with van der Waals surface area (Å²) < 4.78 is 64.7. The van der Waals surface area contributed by atoms with Crippen LogP contribution in [-0.2, 0) is 20.0 Å². The lowest BCUT2D eigenvalue weighted by Crippen LogP contribution is -2.38. The van der Waals surface area contributed by atoms with E-state index in [-0.39, 0.29) is 23.7 Å². The molecule has 0 saturated carbocycles. The van der Waals surface area contributed by atoms with Gasteiger partial charge in [-0.15, -0.1) is 0 Å². The van der Waals surface area contributed by atoms with Crippen molar-refractivity contribution in [3.05, 3.63) is 59.9 Å². The first kappa shape index (κ1) is 19.4. The fourth-order valence-electron chi connectivity index (χ4n) is 2.18. The highest BCUT2D eigenvalue weighted by molar-refractivity contribution is 7.92. The minimum Gasteiger partial charge on any atom is -0.269 e. The van der Waals surface area contributed by atoms with Gasteiger partial charge in [-0.25, -0.2) is 25.9 Å². The second kappa shape index (κ2) is 7.51. The molecule has 0 saturated heterocycles. The van der Waals surface area contributed by atoms with Crippen molar-refractivity contribution in [3.8, 4) is 0 Å². The second-order valence-electron chi connectivity index (χ2n) is 5.52. The maximum Gasteiger partial charge on any atom is 0.240 e. The number of rotatable bonds is 7. The van der Waals surface area contributed by atoms with Crippen molar-refractivity contribution in [2.45, 2.75) is 11.8 Å². The first-order chi connectivity index (χ1) is 11.6. The zero-order chi connectivity index (χ0) is 18.7. The first-order valence-electron chi connectivity index (χ1n) is 7.39. The van der Waals surface area contributed by atoms with Crippen molar-refractivity contribution >= 4 is 25.7 Å². The van der Waals surface area contributed by atoms with Crippen LogP contribution in [0.3, 0.4) is 0 Å². The maximum absolute atomic E-state index is 13.0. The molecule has 0 aliphatic heterocycles. The van der Waals surface area contributed by atoms with Crippen LogP contribution in [0.4, 0.5) is 10.1 Å². The molecule has 0 aliphatic rings. The summed E-state index contributed by atoms with van der Waals surface area (Å²) in [5, 5.41) is 0. The Bertz CT molecular complexity index is 925. The van der Waals surface area contributed by atoms with Crippen molar-refractivity contribution < 1.29 is 21.2 Å². The Kier molecular flexibility index (Phi) is 5.81. The number of nitrogens with zero attached hydrogens (tertiary/aromatic N) is 1. The largest absolute Gasteiger partial charge is 0.269 e.